The smallest absolute Gasteiger partial charge is 0.137 e. The molecular formula is C13H18BrClFN. The molecule has 0 saturated carbocycles. The van der Waals surface area contributed by atoms with E-state index >= 15 is 0 Å². The lowest BCUT2D eigenvalue weighted by Gasteiger charge is -2.21. The van der Waals surface area contributed by atoms with Crippen molar-refractivity contribution in [3.63, 3.8) is 0 Å². The van der Waals surface area contributed by atoms with Crippen LogP contribution in [0.25, 0.3) is 0 Å². The minimum atomic E-state index is -0.227. The van der Waals surface area contributed by atoms with Crippen LogP contribution in [0.4, 0.5) is 4.39 Å². The van der Waals surface area contributed by atoms with Crippen LogP contribution < -0.4 is 5.32 Å². The first kappa shape index (κ1) is 14.9. The van der Waals surface area contributed by atoms with Gasteiger partial charge in [0.25, 0.3) is 0 Å². The molecule has 1 nitrogen and oxygen atoms in total. The molecule has 0 fully saturated rings. The Hall–Kier alpha value is -0.120. The van der Waals surface area contributed by atoms with Gasteiger partial charge in [-0.3, -0.25) is 0 Å². The Morgan fingerprint density at radius 3 is 2.65 bits per heavy atom. The van der Waals surface area contributed by atoms with Gasteiger partial charge in [0, 0.05) is 18.5 Å². The predicted molar refractivity (Wildman–Crippen MR) is 74.9 cm³/mol. The molecule has 0 aliphatic carbocycles. The van der Waals surface area contributed by atoms with Crippen LogP contribution in [-0.4, -0.2) is 11.9 Å². The summed E-state index contributed by atoms with van der Waals surface area (Å²) in [4.78, 5) is 0. The van der Waals surface area contributed by atoms with E-state index in [9.17, 15) is 4.39 Å². The number of alkyl halides is 1. The summed E-state index contributed by atoms with van der Waals surface area (Å²) in [6.45, 7) is 5.08. The Morgan fingerprint density at radius 2 is 2.12 bits per heavy atom. The second-order valence-corrected chi connectivity index (χ2v) is 5.69. The molecule has 0 heterocycles. The zero-order valence-corrected chi connectivity index (χ0v) is 12.5. The zero-order valence-electron chi connectivity index (χ0n) is 10.1. The molecule has 0 spiro atoms. The zero-order chi connectivity index (χ0) is 12.8. The lowest BCUT2D eigenvalue weighted by molar-refractivity contribution is 0.389. The number of hydrogen-bond donors (Lipinski definition) is 1. The van der Waals surface area contributed by atoms with Gasteiger partial charge in [-0.25, -0.2) is 4.39 Å². The topological polar surface area (TPSA) is 12.0 Å². The molecule has 96 valence electrons. The second-order valence-electron chi connectivity index (χ2n) is 4.46. The monoisotopic (exact) mass is 321 g/mol. The molecule has 1 unspecified atom stereocenters. The van der Waals surface area contributed by atoms with Gasteiger partial charge in [-0.05, 0) is 46.0 Å². The predicted octanol–water partition coefficient (Wildman–Crippen LogP) is 4.33. The van der Waals surface area contributed by atoms with Gasteiger partial charge in [-0.1, -0.05) is 19.9 Å². The highest BCUT2D eigenvalue weighted by molar-refractivity contribution is 9.10. The van der Waals surface area contributed by atoms with E-state index in [0.717, 1.165) is 18.5 Å². The van der Waals surface area contributed by atoms with E-state index in [4.69, 9.17) is 11.6 Å². The summed E-state index contributed by atoms with van der Waals surface area (Å²) in [5.41, 5.74) is 1.07. The summed E-state index contributed by atoms with van der Waals surface area (Å²) < 4.78 is 13.6. The molecule has 0 aliphatic rings. The van der Waals surface area contributed by atoms with E-state index in [2.05, 4.69) is 35.1 Å². The molecule has 1 atom stereocenters. The van der Waals surface area contributed by atoms with Gasteiger partial charge in [0.15, 0.2) is 0 Å². The molecule has 0 aliphatic heterocycles. The van der Waals surface area contributed by atoms with Crippen molar-refractivity contribution in [2.24, 2.45) is 5.92 Å². The van der Waals surface area contributed by atoms with Gasteiger partial charge >= 0.3 is 0 Å². The van der Waals surface area contributed by atoms with Crippen LogP contribution in [-0.2, 0) is 6.54 Å². The van der Waals surface area contributed by atoms with Crippen molar-refractivity contribution in [1.82, 2.24) is 5.32 Å². The van der Waals surface area contributed by atoms with Crippen molar-refractivity contribution in [3.8, 4) is 0 Å². The molecular weight excluding hydrogens is 305 g/mol. The summed E-state index contributed by atoms with van der Waals surface area (Å²) >= 11 is 8.96. The summed E-state index contributed by atoms with van der Waals surface area (Å²) in [6.07, 6.45) is 0.946. The fraction of sp³-hybridized carbons (Fsp3) is 0.538. The third kappa shape index (κ3) is 4.94. The van der Waals surface area contributed by atoms with Gasteiger partial charge in [0.2, 0.25) is 0 Å². The van der Waals surface area contributed by atoms with E-state index in [0.29, 0.717) is 22.3 Å². The molecule has 0 aromatic heterocycles. The normalized spacial score (nSPS) is 13.1. The molecule has 0 radical (unpaired) electrons. The quantitative estimate of drug-likeness (QED) is 0.769. The Labute approximate surface area is 116 Å². The Balaban J connectivity index is 2.56. The molecule has 1 aromatic rings. The van der Waals surface area contributed by atoms with Gasteiger partial charge in [0.05, 0.1) is 4.47 Å². The lowest BCUT2D eigenvalue weighted by Crippen LogP contribution is -2.33. The molecule has 1 N–H and O–H groups in total. The van der Waals surface area contributed by atoms with Crippen LogP contribution in [0.1, 0.15) is 25.8 Å². The minimum Gasteiger partial charge on any atom is -0.310 e. The molecule has 17 heavy (non-hydrogen) atoms. The molecule has 1 aromatic carbocycles. The Bertz CT molecular complexity index is 357. The maximum absolute atomic E-state index is 13.1. The fourth-order valence-corrected chi connectivity index (χ4v) is 2.35. The van der Waals surface area contributed by atoms with Crippen molar-refractivity contribution >= 4 is 27.5 Å². The van der Waals surface area contributed by atoms with E-state index < -0.39 is 0 Å². The van der Waals surface area contributed by atoms with E-state index in [1.54, 1.807) is 12.1 Å². The average molecular weight is 323 g/mol. The van der Waals surface area contributed by atoms with Crippen LogP contribution in [0.3, 0.4) is 0 Å². The molecule has 0 saturated heterocycles. The van der Waals surface area contributed by atoms with Crippen molar-refractivity contribution < 1.29 is 4.39 Å². The second kappa shape index (κ2) is 7.34. The van der Waals surface area contributed by atoms with Gasteiger partial charge in [0.1, 0.15) is 5.82 Å². The number of halogens is 3. The highest BCUT2D eigenvalue weighted by Crippen LogP contribution is 2.17. The standard InChI is InChI=1S/C13H18BrClFN/c1-9(2)13(5-6-15)17-8-10-3-4-12(16)11(14)7-10/h3-4,7,9,13,17H,5-6,8H2,1-2H3. The van der Waals surface area contributed by atoms with E-state index in [1.165, 1.54) is 6.07 Å². The van der Waals surface area contributed by atoms with E-state index in [1.807, 2.05) is 0 Å². The maximum Gasteiger partial charge on any atom is 0.137 e. The number of nitrogens with one attached hydrogen (secondary N) is 1. The van der Waals surface area contributed by atoms with Crippen molar-refractivity contribution in [3.05, 3.63) is 34.1 Å². The maximum atomic E-state index is 13.1. The van der Waals surface area contributed by atoms with Crippen LogP contribution in [0, 0.1) is 11.7 Å². The Morgan fingerprint density at radius 1 is 1.41 bits per heavy atom. The lowest BCUT2D eigenvalue weighted by atomic mass is 10.0. The summed E-state index contributed by atoms with van der Waals surface area (Å²) in [5, 5.41) is 3.46. The third-order valence-electron chi connectivity index (χ3n) is 2.78. The van der Waals surface area contributed by atoms with Crippen LogP contribution >= 0.6 is 27.5 Å². The molecule has 0 bridgehead atoms. The van der Waals surface area contributed by atoms with Crippen LogP contribution in [0.2, 0.25) is 0 Å². The van der Waals surface area contributed by atoms with Crippen molar-refractivity contribution in [1.29, 1.82) is 0 Å². The Kier molecular flexibility index (Phi) is 6.45. The molecule has 0 amide bonds. The molecule has 1 rings (SSSR count). The first-order chi connectivity index (χ1) is 8.04. The first-order valence-corrected chi connectivity index (χ1v) is 7.10. The minimum absolute atomic E-state index is 0.227. The van der Waals surface area contributed by atoms with Gasteiger partial charge in [-0.15, -0.1) is 11.6 Å². The SMILES string of the molecule is CC(C)C(CCCl)NCc1ccc(F)c(Br)c1. The number of hydrogen-bond acceptors (Lipinski definition) is 1. The van der Waals surface area contributed by atoms with Gasteiger partial charge in [-0.2, -0.15) is 0 Å². The number of rotatable bonds is 6. The highest BCUT2D eigenvalue weighted by atomic mass is 79.9. The van der Waals surface area contributed by atoms with E-state index in [-0.39, 0.29) is 5.82 Å². The van der Waals surface area contributed by atoms with Gasteiger partial charge < -0.3 is 5.32 Å². The summed E-state index contributed by atoms with van der Waals surface area (Å²) in [7, 11) is 0. The summed E-state index contributed by atoms with van der Waals surface area (Å²) in [6, 6.07) is 5.48. The summed E-state index contributed by atoms with van der Waals surface area (Å²) in [5.74, 6) is 0.968. The highest BCUT2D eigenvalue weighted by Gasteiger charge is 2.12. The first-order valence-electron chi connectivity index (χ1n) is 5.78. The van der Waals surface area contributed by atoms with Crippen molar-refractivity contribution in [2.75, 3.05) is 5.88 Å². The van der Waals surface area contributed by atoms with Crippen molar-refractivity contribution in [2.45, 2.75) is 32.9 Å². The fourth-order valence-electron chi connectivity index (χ4n) is 1.69. The van der Waals surface area contributed by atoms with Crippen LogP contribution in [0.15, 0.2) is 22.7 Å². The molecule has 4 heteroatoms. The van der Waals surface area contributed by atoms with Crippen LogP contribution in [0.5, 0.6) is 0 Å². The third-order valence-corrected chi connectivity index (χ3v) is 3.60. The largest absolute Gasteiger partial charge is 0.310 e. The average Bonchev–Trinajstić information content (AvgIpc) is 2.28. The number of benzene rings is 1.